The molecule has 3 nitrogen and oxygen atoms in total. The van der Waals surface area contributed by atoms with E-state index in [9.17, 15) is 18.0 Å². The first kappa shape index (κ1) is 15.3. The molecule has 7 heteroatoms. The van der Waals surface area contributed by atoms with Gasteiger partial charge in [-0.25, -0.2) is 0 Å². The number of benzene rings is 1. The van der Waals surface area contributed by atoms with Gasteiger partial charge in [0.15, 0.2) is 0 Å². The molecule has 1 aliphatic carbocycles. The van der Waals surface area contributed by atoms with Crippen molar-refractivity contribution in [3.8, 4) is 0 Å². The number of rotatable bonds is 2. The minimum atomic E-state index is -4.47. The summed E-state index contributed by atoms with van der Waals surface area (Å²) >= 11 is 2.86. The minimum Gasteiger partial charge on any atom is -0.327 e. The molecule has 0 heterocycles. The van der Waals surface area contributed by atoms with Crippen molar-refractivity contribution in [1.82, 2.24) is 0 Å². The number of anilines is 1. The van der Waals surface area contributed by atoms with E-state index in [1.807, 2.05) is 0 Å². The van der Waals surface area contributed by atoms with Crippen LogP contribution in [-0.4, -0.2) is 11.9 Å². The molecule has 110 valence electrons. The molecule has 0 aromatic heterocycles. The lowest BCUT2D eigenvalue weighted by Gasteiger charge is -2.16. The third-order valence-corrected chi connectivity index (χ3v) is 4.14. The van der Waals surface area contributed by atoms with E-state index in [1.54, 1.807) is 0 Å². The highest BCUT2D eigenvalue weighted by atomic mass is 79.9. The van der Waals surface area contributed by atoms with Crippen molar-refractivity contribution in [2.75, 3.05) is 5.32 Å². The van der Waals surface area contributed by atoms with Crippen LogP contribution >= 0.6 is 15.9 Å². The maximum Gasteiger partial charge on any atom is 0.417 e. The van der Waals surface area contributed by atoms with Gasteiger partial charge in [-0.15, -0.1) is 0 Å². The topological polar surface area (TPSA) is 55.1 Å². The highest BCUT2D eigenvalue weighted by molar-refractivity contribution is 9.10. The first-order valence-corrected chi connectivity index (χ1v) is 7.01. The molecular weight excluding hydrogens is 337 g/mol. The Balaban J connectivity index is 2.16. The van der Waals surface area contributed by atoms with Crippen LogP contribution in [0.2, 0.25) is 0 Å². The smallest absolute Gasteiger partial charge is 0.327 e. The summed E-state index contributed by atoms with van der Waals surface area (Å²) in [6.45, 7) is 0. The van der Waals surface area contributed by atoms with Crippen molar-refractivity contribution in [2.45, 2.75) is 31.5 Å². The average Bonchev–Trinajstić information content (AvgIpc) is 2.76. The molecule has 1 aliphatic rings. The van der Waals surface area contributed by atoms with Gasteiger partial charge in [0.1, 0.15) is 0 Å². The Hall–Kier alpha value is -1.08. The molecule has 1 amide bonds. The molecule has 1 saturated carbocycles. The number of hydrogen-bond donors (Lipinski definition) is 2. The Labute approximate surface area is 122 Å². The van der Waals surface area contributed by atoms with Crippen LogP contribution in [0, 0.1) is 5.92 Å². The van der Waals surface area contributed by atoms with Crippen LogP contribution in [0.3, 0.4) is 0 Å². The van der Waals surface area contributed by atoms with Gasteiger partial charge in [-0.1, -0.05) is 22.4 Å². The van der Waals surface area contributed by atoms with E-state index in [0.29, 0.717) is 6.42 Å². The zero-order chi connectivity index (χ0) is 14.9. The monoisotopic (exact) mass is 350 g/mol. The van der Waals surface area contributed by atoms with Crippen LogP contribution in [-0.2, 0) is 11.0 Å². The molecule has 0 spiro atoms. The number of halogens is 4. The Morgan fingerprint density at radius 1 is 1.35 bits per heavy atom. The fraction of sp³-hybridized carbons (Fsp3) is 0.462. The normalized spacial score (nSPS) is 22.9. The largest absolute Gasteiger partial charge is 0.417 e. The van der Waals surface area contributed by atoms with Crippen molar-refractivity contribution >= 4 is 27.5 Å². The molecule has 2 unspecified atom stereocenters. The van der Waals surface area contributed by atoms with Crippen LogP contribution in [0.5, 0.6) is 0 Å². The number of carbonyl (C=O) groups excluding carboxylic acids is 1. The van der Waals surface area contributed by atoms with Gasteiger partial charge in [0, 0.05) is 16.2 Å². The lowest BCUT2D eigenvalue weighted by atomic mass is 10.0. The molecule has 0 saturated heterocycles. The predicted octanol–water partition coefficient (Wildman–Crippen LogP) is 3.53. The molecule has 0 aliphatic heterocycles. The molecule has 3 N–H and O–H groups in total. The maximum atomic E-state index is 12.8. The van der Waals surface area contributed by atoms with Crippen molar-refractivity contribution in [3.05, 3.63) is 28.2 Å². The second-order valence-corrected chi connectivity index (χ2v) is 5.74. The summed E-state index contributed by atoms with van der Waals surface area (Å²) in [6.07, 6.45) is -2.15. The van der Waals surface area contributed by atoms with Gasteiger partial charge < -0.3 is 11.1 Å². The lowest BCUT2D eigenvalue weighted by molar-refractivity contribution is -0.138. The molecule has 1 fully saturated rings. The summed E-state index contributed by atoms with van der Waals surface area (Å²) in [5.41, 5.74) is 5.12. The van der Waals surface area contributed by atoms with Gasteiger partial charge in [0.05, 0.1) is 11.5 Å². The minimum absolute atomic E-state index is 0.0550. The SMILES string of the molecule is NC1CCCC1C(=O)Nc1ccc(Br)c(C(F)(F)F)c1. The van der Waals surface area contributed by atoms with Crippen LogP contribution in [0.4, 0.5) is 18.9 Å². The Morgan fingerprint density at radius 2 is 2.05 bits per heavy atom. The zero-order valence-electron chi connectivity index (χ0n) is 10.5. The van der Waals surface area contributed by atoms with Crippen LogP contribution < -0.4 is 11.1 Å². The fourth-order valence-electron chi connectivity index (χ4n) is 2.37. The molecular formula is C13H14BrF3N2O. The maximum absolute atomic E-state index is 12.8. The first-order valence-electron chi connectivity index (χ1n) is 6.22. The van der Waals surface area contributed by atoms with Gasteiger partial charge in [-0.2, -0.15) is 13.2 Å². The number of amides is 1. The van der Waals surface area contributed by atoms with Gasteiger partial charge in [-0.05, 0) is 31.0 Å². The third-order valence-electron chi connectivity index (χ3n) is 3.45. The Kier molecular flexibility index (Phi) is 4.39. The van der Waals surface area contributed by atoms with Crippen molar-refractivity contribution < 1.29 is 18.0 Å². The molecule has 1 aromatic carbocycles. The van der Waals surface area contributed by atoms with E-state index < -0.39 is 11.7 Å². The number of nitrogens with two attached hydrogens (primary N) is 1. The Morgan fingerprint density at radius 3 is 2.60 bits per heavy atom. The van der Waals surface area contributed by atoms with Crippen LogP contribution in [0.25, 0.3) is 0 Å². The fourth-order valence-corrected chi connectivity index (χ4v) is 2.84. The van der Waals surface area contributed by atoms with E-state index in [2.05, 4.69) is 21.2 Å². The highest BCUT2D eigenvalue weighted by Gasteiger charge is 2.34. The first-order chi connectivity index (χ1) is 9.29. The van der Waals surface area contributed by atoms with E-state index in [-0.39, 0.29) is 28.0 Å². The zero-order valence-corrected chi connectivity index (χ0v) is 12.1. The van der Waals surface area contributed by atoms with Gasteiger partial charge in [0.2, 0.25) is 5.91 Å². The second kappa shape index (κ2) is 5.73. The molecule has 0 radical (unpaired) electrons. The average molecular weight is 351 g/mol. The van der Waals surface area contributed by atoms with Gasteiger partial charge in [-0.3, -0.25) is 4.79 Å². The third kappa shape index (κ3) is 3.32. The van der Waals surface area contributed by atoms with Crippen molar-refractivity contribution in [1.29, 1.82) is 0 Å². The van der Waals surface area contributed by atoms with E-state index >= 15 is 0 Å². The highest BCUT2D eigenvalue weighted by Crippen LogP contribution is 2.36. The molecule has 2 rings (SSSR count). The summed E-state index contributed by atoms with van der Waals surface area (Å²) in [6, 6.07) is 3.40. The van der Waals surface area contributed by atoms with Crippen molar-refractivity contribution in [2.24, 2.45) is 11.7 Å². The molecule has 2 atom stereocenters. The van der Waals surface area contributed by atoms with Gasteiger partial charge in [0.25, 0.3) is 0 Å². The Bertz CT molecular complexity index is 519. The lowest BCUT2D eigenvalue weighted by Crippen LogP contribution is -2.34. The summed E-state index contributed by atoms with van der Waals surface area (Å²) < 4.78 is 38.2. The second-order valence-electron chi connectivity index (χ2n) is 4.88. The summed E-state index contributed by atoms with van der Waals surface area (Å²) in [4.78, 5) is 12.0. The molecule has 1 aromatic rings. The summed E-state index contributed by atoms with van der Waals surface area (Å²) in [7, 11) is 0. The van der Waals surface area contributed by atoms with Crippen LogP contribution in [0.1, 0.15) is 24.8 Å². The number of carbonyl (C=O) groups is 1. The number of alkyl halides is 3. The van der Waals surface area contributed by atoms with Gasteiger partial charge >= 0.3 is 6.18 Å². The van der Waals surface area contributed by atoms with E-state index in [0.717, 1.165) is 18.9 Å². The number of hydrogen-bond acceptors (Lipinski definition) is 2. The predicted molar refractivity (Wildman–Crippen MR) is 73.1 cm³/mol. The van der Waals surface area contributed by atoms with E-state index in [1.165, 1.54) is 12.1 Å². The van der Waals surface area contributed by atoms with Crippen molar-refractivity contribution in [3.63, 3.8) is 0 Å². The summed E-state index contributed by atoms with van der Waals surface area (Å²) in [5, 5.41) is 2.51. The molecule has 0 bridgehead atoms. The van der Waals surface area contributed by atoms with E-state index in [4.69, 9.17) is 5.73 Å². The standard InChI is InChI=1S/C13H14BrF3N2O/c14-10-5-4-7(6-9(10)13(15,16)17)19-12(20)8-2-1-3-11(8)18/h4-6,8,11H,1-3,18H2,(H,19,20). The quantitative estimate of drug-likeness (QED) is 0.857. The summed E-state index contributed by atoms with van der Waals surface area (Å²) in [5.74, 6) is -0.640. The number of nitrogens with one attached hydrogen (secondary N) is 1. The molecule has 20 heavy (non-hydrogen) atoms. The van der Waals surface area contributed by atoms with Crippen LogP contribution in [0.15, 0.2) is 22.7 Å².